The number of hydrogen-bond donors (Lipinski definition) is 2. The number of nitrogens with two attached hydrogens (primary N) is 1. The summed E-state index contributed by atoms with van der Waals surface area (Å²) < 4.78 is 4.60. The molecule has 0 amide bonds. The Kier molecular flexibility index (Phi) is 6.29. The van der Waals surface area contributed by atoms with Crippen LogP contribution in [0.5, 0.6) is 0 Å². The van der Waals surface area contributed by atoms with Crippen LogP contribution in [0, 0.1) is 22.7 Å². The van der Waals surface area contributed by atoms with Crippen molar-refractivity contribution in [3.05, 3.63) is 44.7 Å². The van der Waals surface area contributed by atoms with Crippen LogP contribution in [0.2, 0.25) is 5.02 Å². The second-order valence-electron chi connectivity index (χ2n) is 5.00. The molecule has 1 aromatic carbocycles. The van der Waals surface area contributed by atoms with Crippen molar-refractivity contribution >= 4 is 35.1 Å². The van der Waals surface area contributed by atoms with Gasteiger partial charge >= 0.3 is 5.97 Å². The molecular weight excluding hydrogens is 376 g/mol. The third-order valence-electron chi connectivity index (χ3n) is 3.49. The third kappa shape index (κ3) is 3.83. The lowest BCUT2D eigenvalue weighted by Crippen LogP contribution is -2.16. The van der Waals surface area contributed by atoms with E-state index in [4.69, 9.17) is 17.3 Å². The molecule has 9 heteroatoms. The summed E-state index contributed by atoms with van der Waals surface area (Å²) in [6.07, 6.45) is 0.168. The van der Waals surface area contributed by atoms with Crippen LogP contribution in [-0.2, 0) is 9.53 Å². The van der Waals surface area contributed by atoms with Crippen LogP contribution in [0.4, 0.5) is 5.82 Å². The number of thioether (sulfide) groups is 1. The number of anilines is 1. The summed E-state index contributed by atoms with van der Waals surface area (Å²) >= 11 is 7.61. The Hall–Kier alpha value is -2.94. The zero-order valence-corrected chi connectivity index (χ0v) is 15.2. The van der Waals surface area contributed by atoms with E-state index in [1.165, 1.54) is 18.9 Å². The molecule has 0 unspecified atom stereocenters. The predicted octanol–water partition coefficient (Wildman–Crippen LogP) is 2.68. The zero-order chi connectivity index (χ0) is 19.3. The van der Waals surface area contributed by atoms with Crippen LogP contribution >= 0.6 is 23.4 Å². The molecule has 3 N–H and O–H groups in total. The first-order chi connectivity index (χ1) is 12.4. The fraction of sp³-hybridized carbons (Fsp3) is 0.176. The van der Waals surface area contributed by atoms with Gasteiger partial charge in [-0.3, -0.25) is 9.59 Å². The molecule has 2 aromatic rings. The standard InChI is InChI=1S/C17H13ClN4O3S/c1-25-13(23)5-6-26-12-4-2-3-11(18)15(12)14-9(7-19)16(21)22-17(24)10(14)8-20/h2-4H,5-6H2,1H3,(H3,21,22,24). The maximum Gasteiger partial charge on any atom is 0.306 e. The average molecular weight is 389 g/mol. The normalized spacial score (nSPS) is 10.0. The van der Waals surface area contributed by atoms with Gasteiger partial charge in [-0.05, 0) is 12.1 Å². The number of ether oxygens (including phenoxy) is 1. The van der Waals surface area contributed by atoms with Gasteiger partial charge in [-0.25, -0.2) is 0 Å². The number of methoxy groups -OCH3 is 1. The van der Waals surface area contributed by atoms with Crippen molar-refractivity contribution in [2.24, 2.45) is 0 Å². The lowest BCUT2D eigenvalue weighted by Gasteiger charge is -2.14. The molecule has 7 nitrogen and oxygen atoms in total. The fourth-order valence-electron chi connectivity index (χ4n) is 2.31. The Morgan fingerprint density at radius 2 is 2.00 bits per heavy atom. The molecule has 26 heavy (non-hydrogen) atoms. The van der Waals surface area contributed by atoms with Crippen LogP contribution in [0.1, 0.15) is 17.5 Å². The first-order valence-electron chi connectivity index (χ1n) is 7.29. The summed E-state index contributed by atoms with van der Waals surface area (Å²) in [7, 11) is 1.30. The molecule has 0 aliphatic heterocycles. The van der Waals surface area contributed by atoms with E-state index in [1.807, 2.05) is 12.1 Å². The van der Waals surface area contributed by atoms with E-state index >= 15 is 0 Å². The van der Waals surface area contributed by atoms with Crippen molar-refractivity contribution in [1.29, 1.82) is 10.5 Å². The third-order valence-corrected chi connectivity index (χ3v) is 4.86. The number of nitrogen functional groups attached to an aromatic ring is 1. The second-order valence-corrected chi connectivity index (χ2v) is 6.55. The van der Waals surface area contributed by atoms with Crippen molar-refractivity contribution in [3.63, 3.8) is 0 Å². The molecule has 0 bridgehead atoms. The summed E-state index contributed by atoms with van der Waals surface area (Å²) in [4.78, 5) is 26.3. The molecule has 0 saturated carbocycles. The van der Waals surface area contributed by atoms with Crippen molar-refractivity contribution in [2.45, 2.75) is 11.3 Å². The van der Waals surface area contributed by atoms with Crippen LogP contribution in [0.15, 0.2) is 27.9 Å². The Balaban J connectivity index is 2.67. The maximum absolute atomic E-state index is 12.1. The van der Waals surface area contributed by atoms with Gasteiger partial charge in [0.25, 0.3) is 5.56 Å². The number of aromatic amines is 1. The SMILES string of the molecule is COC(=O)CCSc1cccc(Cl)c1-c1c(C#N)c(N)[nH]c(=O)c1C#N. The van der Waals surface area contributed by atoms with E-state index in [9.17, 15) is 20.1 Å². The zero-order valence-electron chi connectivity index (χ0n) is 13.6. The second kappa shape index (κ2) is 8.43. The molecule has 0 aliphatic rings. The van der Waals surface area contributed by atoms with Gasteiger partial charge in [0.05, 0.1) is 13.5 Å². The van der Waals surface area contributed by atoms with Crippen molar-refractivity contribution in [3.8, 4) is 23.3 Å². The number of halogens is 1. The van der Waals surface area contributed by atoms with E-state index in [0.717, 1.165) is 0 Å². The van der Waals surface area contributed by atoms with Gasteiger partial charge in [-0.2, -0.15) is 10.5 Å². The Labute approximate surface area is 158 Å². The van der Waals surface area contributed by atoms with Crippen molar-refractivity contribution < 1.29 is 9.53 Å². The lowest BCUT2D eigenvalue weighted by atomic mass is 9.96. The first-order valence-corrected chi connectivity index (χ1v) is 8.65. The Morgan fingerprint density at radius 1 is 1.31 bits per heavy atom. The number of carbonyl (C=O) groups is 1. The largest absolute Gasteiger partial charge is 0.469 e. The molecule has 132 valence electrons. The molecule has 0 fully saturated rings. The highest BCUT2D eigenvalue weighted by molar-refractivity contribution is 7.99. The van der Waals surface area contributed by atoms with Gasteiger partial charge in [0.1, 0.15) is 29.1 Å². The molecule has 1 heterocycles. The van der Waals surface area contributed by atoms with E-state index in [2.05, 4.69) is 9.72 Å². The van der Waals surface area contributed by atoms with Gasteiger partial charge in [0.2, 0.25) is 0 Å². The van der Waals surface area contributed by atoms with E-state index in [-0.39, 0.29) is 39.9 Å². The topological polar surface area (TPSA) is 133 Å². The first kappa shape index (κ1) is 19.4. The molecule has 0 aliphatic carbocycles. The summed E-state index contributed by atoms with van der Waals surface area (Å²) in [6, 6.07) is 8.73. The van der Waals surface area contributed by atoms with Crippen molar-refractivity contribution in [1.82, 2.24) is 4.98 Å². The molecule has 0 saturated heterocycles. The smallest absolute Gasteiger partial charge is 0.306 e. The van der Waals surface area contributed by atoms with E-state index in [0.29, 0.717) is 16.2 Å². The number of esters is 1. The lowest BCUT2D eigenvalue weighted by molar-refractivity contribution is -0.140. The number of H-pyrrole nitrogens is 1. The molecule has 1 aromatic heterocycles. The minimum absolute atomic E-state index is 0.0379. The number of nitrogens with one attached hydrogen (secondary N) is 1. The van der Waals surface area contributed by atoms with E-state index < -0.39 is 5.56 Å². The molecule has 2 rings (SSSR count). The molecule has 0 atom stereocenters. The van der Waals surface area contributed by atoms with Gasteiger partial charge in [0.15, 0.2) is 0 Å². The average Bonchev–Trinajstić information content (AvgIpc) is 2.61. The number of pyridine rings is 1. The summed E-state index contributed by atoms with van der Waals surface area (Å²) in [5.41, 5.74) is 5.20. The van der Waals surface area contributed by atoms with Crippen molar-refractivity contribution in [2.75, 3.05) is 18.6 Å². The molecular formula is C17H13ClN4O3S. The summed E-state index contributed by atoms with van der Waals surface area (Å²) in [6.45, 7) is 0. The maximum atomic E-state index is 12.1. The Bertz CT molecular complexity index is 1000. The summed E-state index contributed by atoms with van der Waals surface area (Å²) in [5, 5.41) is 19.1. The summed E-state index contributed by atoms with van der Waals surface area (Å²) in [5.74, 6) is -0.114. The number of benzene rings is 1. The monoisotopic (exact) mass is 388 g/mol. The van der Waals surface area contributed by atoms with Gasteiger partial charge in [-0.1, -0.05) is 17.7 Å². The van der Waals surface area contributed by atoms with Crippen LogP contribution in [0.3, 0.4) is 0 Å². The fourth-order valence-corrected chi connectivity index (χ4v) is 3.65. The molecule has 0 radical (unpaired) electrons. The highest BCUT2D eigenvalue weighted by Crippen LogP contribution is 2.40. The quantitative estimate of drug-likeness (QED) is 0.594. The van der Waals surface area contributed by atoms with E-state index in [1.54, 1.807) is 18.2 Å². The predicted molar refractivity (Wildman–Crippen MR) is 98.7 cm³/mol. The number of carbonyl (C=O) groups excluding carboxylic acids is 1. The van der Waals surface area contributed by atoms with Crippen LogP contribution in [-0.4, -0.2) is 23.8 Å². The minimum Gasteiger partial charge on any atom is -0.469 e. The molecule has 0 spiro atoms. The van der Waals surface area contributed by atoms with Gasteiger partial charge in [-0.15, -0.1) is 11.8 Å². The Morgan fingerprint density at radius 3 is 2.62 bits per heavy atom. The number of nitriles is 2. The van der Waals surface area contributed by atoms with Gasteiger partial charge < -0.3 is 15.5 Å². The minimum atomic E-state index is -0.704. The number of aromatic nitrogens is 1. The number of hydrogen-bond acceptors (Lipinski definition) is 7. The highest BCUT2D eigenvalue weighted by atomic mass is 35.5. The number of nitrogens with zero attached hydrogens (tertiary/aromatic N) is 2. The van der Waals surface area contributed by atoms with Crippen LogP contribution in [0.25, 0.3) is 11.1 Å². The highest BCUT2D eigenvalue weighted by Gasteiger charge is 2.22. The number of rotatable bonds is 5. The van der Waals surface area contributed by atoms with Gasteiger partial charge in [0, 0.05) is 26.8 Å². The van der Waals surface area contributed by atoms with Crippen LogP contribution < -0.4 is 11.3 Å².